The molecule has 1 unspecified atom stereocenters. The van der Waals surface area contributed by atoms with Crippen molar-refractivity contribution in [2.45, 2.75) is 12.5 Å². The zero-order chi connectivity index (χ0) is 19.1. The third-order valence-electron chi connectivity index (χ3n) is 4.78. The number of imidazole rings is 1. The van der Waals surface area contributed by atoms with Gasteiger partial charge >= 0.3 is 5.69 Å². The van der Waals surface area contributed by atoms with E-state index in [0.717, 1.165) is 0 Å². The fraction of sp³-hybridized carbons (Fsp3) is 0.222. The molecule has 2 aromatic heterocycles. The average Bonchev–Trinajstić information content (AvgIpc) is 3.25. The van der Waals surface area contributed by atoms with Crippen LogP contribution in [0.2, 0.25) is 5.02 Å². The number of nitrogens with two attached hydrogens (primary N) is 1. The van der Waals surface area contributed by atoms with E-state index in [4.69, 9.17) is 17.3 Å². The molecule has 0 saturated carbocycles. The van der Waals surface area contributed by atoms with Crippen molar-refractivity contribution in [3.63, 3.8) is 0 Å². The minimum Gasteiger partial charge on any atom is -0.382 e. The summed E-state index contributed by atoms with van der Waals surface area (Å²) in [5, 5.41) is 0.564. The maximum atomic E-state index is 13.3. The minimum absolute atomic E-state index is 0.152. The first-order chi connectivity index (χ1) is 13.0. The highest BCUT2D eigenvalue weighted by Gasteiger charge is 2.31. The van der Waals surface area contributed by atoms with Crippen molar-refractivity contribution < 1.29 is 4.79 Å². The maximum absolute atomic E-state index is 13.3. The van der Waals surface area contributed by atoms with E-state index in [2.05, 4.69) is 16.5 Å². The summed E-state index contributed by atoms with van der Waals surface area (Å²) in [4.78, 5) is 35.2. The van der Waals surface area contributed by atoms with Crippen LogP contribution in [0, 0.1) is 0 Å². The number of fused-ring (bicyclic) bond motifs is 1. The number of anilines is 1. The highest BCUT2D eigenvalue weighted by molar-refractivity contribution is 6.30. The van der Waals surface area contributed by atoms with Crippen molar-refractivity contribution in [3.8, 4) is 5.69 Å². The number of benzene rings is 1. The molecule has 1 aliphatic rings. The van der Waals surface area contributed by atoms with Gasteiger partial charge in [-0.05, 0) is 36.8 Å². The molecule has 9 heteroatoms. The molecule has 0 radical (unpaired) electrons. The van der Waals surface area contributed by atoms with Crippen molar-refractivity contribution in [1.82, 2.24) is 24.0 Å². The maximum Gasteiger partial charge on any atom is 0.335 e. The van der Waals surface area contributed by atoms with Crippen LogP contribution in [0.1, 0.15) is 12.5 Å². The number of amides is 1. The van der Waals surface area contributed by atoms with Crippen molar-refractivity contribution in [1.29, 1.82) is 0 Å². The van der Waals surface area contributed by atoms with Crippen molar-refractivity contribution in [3.05, 3.63) is 58.8 Å². The smallest absolute Gasteiger partial charge is 0.335 e. The SMILES string of the molecule is C=CC(=O)N1CCC(n2c(=O)n(-c3ccc(Cl)cc3)c3c(N)ncnc32)C1. The fourth-order valence-electron chi connectivity index (χ4n) is 3.51. The van der Waals surface area contributed by atoms with E-state index >= 15 is 0 Å². The quantitative estimate of drug-likeness (QED) is 0.694. The number of aromatic nitrogens is 4. The average molecular weight is 385 g/mol. The minimum atomic E-state index is -0.280. The van der Waals surface area contributed by atoms with Gasteiger partial charge in [0.2, 0.25) is 5.91 Å². The van der Waals surface area contributed by atoms with Gasteiger partial charge in [-0.25, -0.2) is 14.8 Å². The number of likely N-dealkylation sites (tertiary alicyclic amines) is 1. The summed E-state index contributed by atoms with van der Waals surface area (Å²) in [6.45, 7) is 4.48. The molecule has 0 bridgehead atoms. The molecule has 0 aliphatic carbocycles. The second kappa shape index (κ2) is 6.55. The Morgan fingerprint density at radius 3 is 2.74 bits per heavy atom. The third-order valence-corrected chi connectivity index (χ3v) is 5.03. The third kappa shape index (κ3) is 2.78. The Hall–Kier alpha value is -3.13. The first kappa shape index (κ1) is 17.3. The summed E-state index contributed by atoms with van der Waals surface area (Å²) < 4.78 is 3.08. The summed E-state index contributed by atoms with van der Waals surface area (Å²) in [6, 6.07) is 6.68. The molecule has 1 atom stereocenters. The first-order valence-corrected chi connectivity index (χ1v) is 8.79. The van der Waals surface area contributed by atoms with E-state index in [0.29, 0.717) is 41.4 Å². The van der Waals surface area contributed by atoms with E-state index in [1.165, 1.54) is 17.0 Å². The molecule has 1 aromatic carbocycles. The molecular formula is C18H17ClN6O2. The van der Waals surface area contributed by atoms with E-state index in [1.54, 1.807) is 33.7 Å². The van der Waals surface area contributed by atoms with E-state index in [-0.39, 0.29) is 23.5 Å². The highest BCUT2D eigenvalue weighted by atomic mass is 35.5. The topological polar surface area (TPSA) is 99.0 Å². The van der Waals surface area contributed by atoms with Crippen LogP contribution in [0.4, 0.5) is 5.82 Å². The lowest BCUT2D eigenvalue weighted by Gasteiger charge is -2.14. The molecule has 3 heterocycles. The van der Waals surface area contributed by atoms with Crippen LogP contribution in [0.5, 0.6) is 0 Å². The Balaban J connectivity index is 1.90. The standard InChI is InChI=1S/C18H17ClN6O2/c1-2-14(26)23-8-7-13(9-23)25-17-15(16(20)21-10-22-17)24(18(25)27)12-5-3-11(19)4-6-12/h2-6,10,13H,1,7-9H2,(H2,20,21,22). The van der Waals surface area contributed by atoms with Crippen LogP contribution in [-0.2, 0) is 4.79 Å². The number of carbonyl (C=O) groups is 1. The van der Waals surface area contributed by atoms with Gasteiger partial charge in [-0.15, -0.1) is 0 Å². The Labute approximate surface area is 159 Å². The molecule has 2 N–H and O–H groups in total. The lowest BCUT2D eigenvalue weighted by atomic mass is 10.2. The Kier molecular flexibility index (Phi) is 4.19. The predicted molar refractivity (Wildman–Crippen MR) is 103 cm³/mol. The molecule has 1 fully saturated rings. The number of halogens is 1. The fourth-order valence-corrected chi connectivity index (χ4v) is 3.63. The zero-order valence-electron chi connectivity index (χ0n) is 14.4. The van der Waals surface area contributed by atoms with Crippen LogP contribution in [0.25, 0.3) is 16.9 Å². The van der Waals surface area contributed by atoms with E-state index in [9.17, 15) is 9.59 Å². The molecule has 1 saturated heterocycles. The highest BCUT2D eigenvalue weighted by Crippen LogP contribution is 2.27. The van der Waals surface area contributed by atoms with Gasteiger partial charge in [0.05, 0.1) is 11.7 Å². The van der Waals surface area contributed by atoms with Crippen molar-refractivity contribution >= 4 is 34.5 Å². The Morgan fingerprint density at radius 2 is 2.04 bits per heavy atom. The first-order valence-electron chi connectivity index (χ1n) is 8.42. The van der Waals surface area contributed by atoms with Crippen LogP contribution < -0.4 is 11.4 Å². The van der Waals surface area contributed by atoms with Crippen molar-refractivity contribution in [2.24, 2.45) is 0 Å². The van der Waals surface area contributed by atoms with Crippen LogP contribution >= 0.6 is 11.6 Å². The second-order valence-electron chi connectivity index (χ2n) is 6.33. The summed E-state index contributed by atoms with van der Waals surface area (Å²) in [7, 11) is 0. The normalized spacial score (nSPS) is 16.8. The monoisotopic (exact) mass is 384 g/mol. The zero-order valence-corrected chi connectivity index (χ0v) is 15.1. The lowest BCUT2D eigenvalue weighted by Crippen LogP contribution is -2.31. The molecule has 138 valence electrons. The van der Waals surface area contributed by atoms with Crippen LogP contribution in [-0.4, -0.2) is 43.0 Å². The van der Waals surface area contributed by atoms with E-state index in [1.807, 2.05) is 0 Å². The van der Waals surface area contributed by atoms with Gasteiger partial charge in [0.1, 0.15) is 11.8 Å². The molecule has 1 amide bonds. The summed E-state index contributed by atoms with van der Waals surface area (Å²) >= 11 is 5.97. The van der Waals surface area contributed by atoms with Crippen LogP contribution in [0.3, 0.4) is 0 Å². The summed E-state index contributed by atoms with van der Waals surface area (Å²) in [6.07, 6.45) is 3.26. The molecule has 27 heavy (non-hydrogen) atoms. The Morgan fingerprint density at radius 1 is 1.30 bits per heavy atom. The number of hydrogen-bond donors (Lipinski definition) is 1. The van der Waals surface area contributed by atoms with Gasteiger partial charge in [0.25, 0.3) is 0 Å². The number of rotatable bonds is 3. The number of carbonyl (C=O) groups excluding carboxylic acids is 1. The summed E-state index contributed by atoms with van der Waals surface area (Å²) in [5.74, 6) is 0.0592. The van der Waals surface area contributed by atoms with Gasteiger partial charge < -0.3 is 10.6 Å². The molecule has 0 spiro atoms. The number of nitrogens with zero attached hydrogens (tertiary/aromatic N) is 5. The molecule has 3 aromatic rings. The predicted octanol–water partition coefficient (Wildman–Crippen LogP) is 1.78. The van der Waals surface area contributed by atoms with Gasteiger partial charge in [-0.3, -0.25) is 13.9 Å². The molecule has 4 rings (SSSR count). The van der Waals surface area contributed by atoms with Crippen molar-refractivity contribution in [2.75, 3.05) is 18.8 Å². The van der Waals surface area contributed by atoms with Gasteiger partial charge in [-0.2, -0.15) is 0 Å². The Bertz CT molecular complexity index is 1100. The van der Waals surface area contributed by atoms with E-state index < -0.39 is 0 Å². The second-order valence-corrected chi connectivity index (χ2v) is 6.76. The largest absolute Gasteiger partial charge is 0.382 e. The van der Waals surface area contributed by atoms with Gasteiger partial charge in [0.15, 0.2) is 11.5 Å². The lowest BCUT2D eigenvalue weighted by molar-refractivity contribution is -0.125. The molecule has 8 nitrogen and oxygen atoms in total. The van der Waals surface area contributed by atoms with Gasteiger partial charge in [0, 0.05) is 18.1 Å². The molecular weight excluding hydrogens is 368 g/mol. The molecule has 1 aliphatic heterocycles. The number of nitrogen functional groups attached to an aromatic ring is 1. The van der Waals surface area contributed by atoms with Gasteiger partial charge in [-0.1, -0.05) is 18.2 Å². The number of hydrogen-bond acceptors (Lipinski definition) is 5. The summed E-state index contributed by atoms with van der Waals surface area (Å²) in [5.41, 5.74) is 7.30. The van der Waals surface area contributed by atoms with Crippen LogP contribution in [0.15, 0.2) is 48.0 Å².